The molecule has 0 radical (unpaired) electrons. The maximum atomic E-state index is 5.89. The molecule has 0 bridgehead atoms. The number of nitrogens with one attached hydrogen (secondary N) is 2. The molecule has 4 heteroatoms. The zero-order valence-corrected chi connectivity index (χ0v) is 7.73. The first-order valence-corrected chi connectivity index (χ1v) is 4.55. The summed E-state index contributed by atoms with van der Waals surface area (Å²) in [5.41, 5.74) is 1.46. The van der Waals surface area contributed by atoms with Crippen molar-refractivity contribution in [2.24, 2.45) is 0 Å². The van der Waals surface area contributed by atoms with E-state index in [1.54, 1.807) is 0 Å². The van der Waals surface area contributed by atoms with Gasteiger partial charge in [-0.15, -0.1) is 0 Å². The lowest BCUT2D eigenvalue weighted by Crippen LogP contribution is -2.35. The third kappa shape index (κ3) is 1.32. The van der Waals surface area contributed by atoms with Crippen molar-refractivity contribution in [2.75, 3.05) is 10.6 Å². The van der Waals surface area contributed by atoms with Crippen molar-refractivity contribution in [1.82, 2.24) is 0 Å². The van der Waals surface area contributed by atoms with E-state index in [1.807, 2.05) is 24.3 Å². The van der Waals surface area contributed by atoms with Crippen molar-refractivity contribution < 1.29 is 0 Å². The summed E-state index contributed by atoms with van der Waals surface area (Å²) in [6.07, 6.45) is 0. The first-order chi connectivity index (χ1) is 5.77. The van der Waals surface area contributed by atoms with Crippen LogP contribution in [0, 0.1) is 0 Å². The molecule has 12 heavy (non-hydrogen) atoms. The van der Waals surface area contributed by atoms with E-state index in [-0.39, 0.29) is 11.0 Å². The minimum atomic E-state index is -0.262. The van der Waals surface area contributed by atoms with Crippen LogP contribution in [0.25, 0.3) is 0 Å². The first-order valence-electron chi connectivity index (χ1n) is 3.67. The fourth-order valence-corrected chi connectivity index (χ4v) is 1.54. The van der Waals surface area contributed by atoms with Crippen molar-refractivity contribution in [1.29, 1.82) is 0 Å². The predicted molar refractivity (Wildman–Crippen MR) is 53.0 cm³/mol. The highest BCUT2D eigenvalue weighted by molar-refractivity contribution is 6.32. The molecule has 1 aromatic carbocycles. The molecule has 2 atom stereocenters. The third-order valence-electron chi connectivity index (χ3n) is 1.77. The molecule has 0 aromatic heterocycles. The largest absolute Gasteiger partial charge is 0.365 e. The van der Waals surface area contributed by atoms with Gasteiger partial charge in [-0.05, 0) is 12.1 Å². The molecule has 1 aliphatic rings. The molecule has 0 unspecified atom stereocenters. The molecule has 0 aliphatic carbocycles. The van der Waals surface area contributed by atoms with E-state index in [4.69, 9.17) is 23.2 Å². The smallest absolute Gasteiger partial charge is 0.136 e. The highest BCUT2D eigenvalue weighted by atomic mass is 35.5. The van der Waals surface area contributed by atoms with Gasteiger partial charge < -0.3 is 10.6 Å². The van der Waals surface area contributed by atoms with Gasteiger partial charge in [0.15, 0.2) is 0 Å². The Morgan fingerprint density at radius 1 is 0.917 bits per heavy atom. The Labute approximate surface area is 80.9 Å². The van der Waals surface area contributed by atoms with Gasteiger partial charge in [-0.1, -0.05) is 35.3 Å². The van der Waals surface area contributed by atoms with E-state index >= 15 is 0 Å². The van der Waals surface area contributed by atoms with Gasteiger partial charge in [0.05, 0.1) is 11.4 Å². The molecule has 2 N–H and O–H groups in total. The van der Waals surface area contributed by atoms with Crippen LogP contribution < -0.4 is 10.6 Å². The van der Waals surface area contributed by atoms with Crippen LogP contribution in [-0.4, -0.2) is 11.0 Å². The molecule has 1 aromatic rings. The minimum absolute atomic E-state index is 0.262. The minimum Gasteiger partial charge on any atom is -0.365 e. The highest BCUT2D eigenvalue weighted by Crippen LogP contribution is 2.30. The molecular formula is C8H8Cl2N2. The summed E-state index contributed by atoms with van der Waals surface area (Å²) in [6.45, 7) is 0. The van der Waals surface area contributed by atoms with Crippen LogP contribution in [0.1, 0.15) is 0 Å². The zero-order valence-electron chi connectivity index (χ0n) is 6.22. The molecule has 0 spiro atoms. The van der Waals surface area contributed by atoms with Gasteiger partial charge in [0.25, 0.3) is 0 Å². The summed E-state index contributed by atoms with van der Waals surface area (Å²) in [5.74, 6) is 0. The fourth-order valence-electron chi connectivity index (χ4n) is 1.18. The number of benzene rings is 1. The van der Waals surface area contributed by atoms with Gasteiger partial charge in [0.1, 0.15) is 11.0 Å². The normalized spacial score (nSPS) is 26.8. The molecule has 0 fully saturated rings. The van der Waals surface area contributed by atoms with Gasteiger partial charge in [-0.25, -0.2) is 0 Å². The van der Waals surface area contributed by atoms with E-state index in [9.17, 15) is 0 Å². The van der Waals surface area contributed by atoms with E-state index in [2.05, 4.69) is 10.6 Å². The van der Waals surface area contributed by atoms with Crippen LogP contribution in [0.3, 0.4) is 0 Å². The van der Waals surface area contributed by atoms with E-state index in [0.717, 1.165) is 11.4 Å². The summed E-state index contributed by atoms with van der Waals surface area (Å²) in [4.78, 5) is 0. The average molecular weight is 203 g/mol. The Morgan fingerprint density at radius 3 is 1.75 bits per heavy atom. The first kappa shape index (κ1) is 8.02. The van der Waals surface area contributed by atoms with Gasteiger partial charge in [0.2, 0.25) is 0 Å². The van der Waals surface area contributed by atoms with Crippen LogP contribution >= 0.6 is 23.2 Å². The predicted octanol–water partition coefficient (Wildman–Crippen LogP) is 2.65. The Balaban J connectivity index is 2.34. The number of rotatable bonds is 0. The van der Waals surface area contributed by atoms with Gasteiger partial charge in [0, 0.05) is 0 Å². The molecule has 1 heterocycles. The topological polar surface area (TPSA) is 24.1 Å². The lowest BCUT2D eigenvalue weighted by atomic mass is 10.2. The summed E-state index contributed by atoms with van der Waals surface area (Å²) in [7, 11) is 0. The second-order valence-corrected chi connectivity index (χ2v) is 3.58. The lowest BCUT2D eigenvalue weighted by molar-refractivity contribution is 0.905. The van der Waals surface area contributed by atoms with Crippen LogP contribution in [0.15, 0.2) is 24.3 Å². The van der Waals surface area contributed by atoms with Crippen LogP contribution in [0.4, 0.5) is 11.4 Å². The molecule has 0 saturated carbocycles. The van der Waals surface area contributed by atoms with Gasteiger partial charge in [-0.2, -0.15) is 0 Å². The Kier molecular flexibility index (Phi) is 2.03. The number of para-hydroxylation sites is 2. The standard InChI is InChI=1S/C8H8Cl2N2/c9-7-8(10)12-6-4-2-1-3-5(6)11-7/h1-4,7-8,11-12H/t7-,8-/m0/s1. The summed E-state index contributed by atoms with van der Waals surface area (Å²) >= 11 is 11.8. The van der Waals surface area contributed by atoms with Crippen LogP contribution in [0.2, 0.25) is 0 Å². The maximum absolute atomic E-state index is 5.89. The SMILES string of the molecule is Cl[C@H]1Nc2ccccc2N[C@@H]1Cl. The quantitative estimate of drug-likeness (QED) is 0.500. The molecule has 64 valence electrons. The molecule has 1 aliphatic heterocycles. The molecule has 0 saturated heterocycles. The third-order valence-corrected chi connectivity index (χ3v) is 2.62. The maximum Gasteiger partial charge on any atom is 0.136 e. The lowest BCUT2D eigenvalue weighted by Gasteiger charge is -2.28. The van der Waals surface area contributed by atoms with Gasteiger partial charge >= 0.3 is 0 Å². The van der Waals surface area contributed by atoms with Crippen LogP contribution in [0.5, 0.6) is 0 Å². The van der Waals surface area contributed by atoms with Crippen molar-refractivity contribution in [2.45, 2.75) is 11.0 Å². The molecule has 2 rings (SSSR count). The summed E-state index contributed by atoms with van der Waals surface area (Å²) in [5, 5.41) is 6.16. The van der Waals surface area contributed by atoms with E-state index < -0.39 is 0 Å². The van der Waals surface area contributed by atoms with Gasteiger partial charge in [-0.3, -0.25) is 0 Å². The highest BCUT2D eigenvalue weighted by Gasteiger charge is 2.22. The van der Waals surface area contributed by atoms with E-state index in [1.165, 1.54) is 0 Å². The Bertz CT molecular complexity index is 261. The zero-order chi connectivity index (χ0) is 8.55. The Hall–Kier alpha value is -0.600. The molecule has 0 amide bonds. The number of hydrogen-bond donors (Lipinski definition) is 2. The Morgan fingerprint density at radius 2 is 1.33 bits per heavy atom. The number of fused-ring (bicyclic) bond motifs is 1. The second kappa shape index (κ2) is 3.04. The molecular weight excluding hydrogens is 195 g/mol. The number of hydrogen-bond acceptors (Lipinski definition) is 2. The second-order valence-electron chi connectivity index (χ2n) is 2.64. The molecule has 2 nitrogen and oxygen atoms in total. The number of alkyl halides is 2. The number of halogens is 2. The number of anilines is 2. The van der Waals surface area contributed by atoms with Crippen LogP contribution in [-0.2, 0) is 0 Å². The monoisotopic (exact) mass is 202 g/mol. The summed E-state index contributed by atoms with van der Waals surface area (Å²) < 4.78 is 0. The van der Waals surface area contributed by atoms with E-state index in [0.29, 0.717) is 0 Å². The average Bonchev–Trinajstić information content (AvgIpc) is 2.07. The van der Waals surface area contributed by atoms with Crippen molar-refractivity contribution in [3.63, 3.8) is 0 Å². The fraction of sp³-hybridized carbons (Fsp3) is 0.250. The summed E-state index contributed by atoms with van der Waals surface area (Å²) in [6, 6.07) is 7.82. The van der Waals surface area contributed by atoms with Crippen molar-refractivity contribution in [3.05, 3.63) is 24.3 Å². The van der Waals surface area contributed by atoms with Crippen molar-refractivity contribution >= 4 is 34.6 Å². The van der Waals surface area contributed by atoms with Crippen molar-refractivity contribution in [3.8, 4) is 0 Å².